The van der Waals surface area contributed by atoms with E-state index in [-0.39, 0.29) is 5.75 Å². The Kier molecular flexibility index (Phi) is 3.36. The number of aliphatic hydroxyl groups excluding tert-OH is 1. The molecule has 3 N–H and O–H groups in total. The molecule has 4 heteroatoms. The molecule has 1 atom stereocenters. The van der Waals surface area contributed by atoms with Gasteiger partial charge in [0.25, 0.3) is 0 Å². The van der Waals surface area contributed by atoms with E-state index in [1.165, 1.54) is 0 Å². The van der Waals surface area contributed by atoms with Crippen LogP contribution >= 0.6 is 0 Å². The number of fused-ring (bicyclic) bond motifs is 1. The van der Waals surface area contributed by atoms with Crippen LogP contribution in [0.3, 0.4) is 0 Å². The Morgan fingerprint density at radius 1 is 1.29 bits per heavy atom. The third kappa shape index (κ3) is 2.78. The Labute approximate surface area is 99.9 Å². The fraction of sp³-hybridized carbons (Fsp3) is 0.385. The molecule has 0 aliphatic carbocycles. The number of hydrogen-bond acceptors (Lipinski definition) is 4. The minimum absolute atomic E-state index is 0.194. The lowest BCUT2D eigenvalue weighted by atomic mass is 10.2. The highest BCUT2D eigenvalue weighted by atomic mass is 16.4. The summed E-state index contributed by atoms with van der Waals surface area (Å²) in [5, 5.41) is 23.2. The zero-order valence-corrected chi connectivity index (χ0v) is 9.97. The maximum atomic E-state index is 9.92. The van der Waals surface area contributed by atoms with Gasteiger partial charge >= 0.3 is 0 Å². The number of benzene rings is 1. The number of rotatable bonds is 4. The molecule has 0 saturated heterocycles. The predicted octanol–water partition coefficient (Wildman–Crippen LogP) is 2.17. The van der Waals surface area contributed by atoms with E-state index >= 15 is 0 Å². The summed E-state index contributed by atoms with van der Waals surface area (Å²) in [7, 11) is 0. The molecular weight excluding hydrogens is 218 g/mol. The summed E-state index contributed by atoms with van der Waals surface area (Å²) < 4.78 is 5.52. The smallest absolute Gasteiger partial charge is 0.135 e. The Balaban J connectivity index is 2.18. The van der Waals surface area contributed by atoms with E-state index in [9.17, 15) is 10.2 Å². The number of phenolic OH excluding ortho intramolecular Hbond substituents is 1. The molecule has 0 fully saturated rings. The molecule has 1 aromatic heterocycles. The number of furan rings is 1. The van der Waals surface area contributed by atoms with Crippen molar-refractivity contribution in [1.82, 2.24) is 5.32 Å². The summed E-state index contributed by atoms with van der Waals surface area (Å²) in [6, 6.07) is 6.94. The molecule has 0 spiro atoms. The highest BCUT2D eigenvalue weighted by Crippen LogP contribution is 2.26. The molecule has 0 saturated carbocycles. The summed E-state index contributed by atoms with van der Waals surface area (Å²) in [6.45, 7) is 4.48. The standard InChI is InChI=1S/C13H17NO3/c1-8(2)14-7-11(16)13-6-9-5-10(15)3-4-12(9)17-13/h3-6,8,11,14-16H,7H2,1-2H3. The van der Waals surface area contributed by atoms with Gasteiger partial charge in [-0.1, -0.05) is 13.8 Å². The van der Waals surface area contributed by atoms with Crippen LogP contribution in [0.5, 0.6) is 5.75 Å². The zero-order chi connectivity index (χ0) is 12.4. The van der Waals surface area contributed by atoms with Crippen molar-refractivity contribution in [1.29, 1.82) is 0 Å². The third-order valence-corrected chi connectivity index (χ3v) is 2.57. The van der Waals surface area contributed by atoms with Crippen LogP contribution < -0.4 is 5.32 Å². The van der Waals surface area contributed by atoms with Crippen molar-refractivity contribution in [3.8, 4) is 5.75 Å². The van der Waals surface area contributed by atoms with Crippen molar-refractivity contribution >= 4 is 11.0 Å². The quantitative estimate of drug-likeness (QED) is 0.760. The summed E-state index contributed by atoms with van der Waals surface area (Å²) >= 11 is 0. The van der Waals surface area contributed by atoms with Gasteiger partial charge in [0, 0.05) is 18.0 Å². The second kappa shape index (κ2) is 4.77. The van der Waals surface area contributed by atoms with Crippen molar-refractivity contribution in [3.05, 3.63) is 30.0 Å². The van der Waals surface area contributed by atoms with Crippen molar-refractivity contribution < 1.29 is 14.6 Å². The molecule has 0 bridgehead atoms. The van der Waals surface area contributed by atoms with Crippen LogP contribution in [0.4, 0.5) is 0 Å². The minimum Gasteiger partial charge on any atom is -0.508 e. The fourth-order valence-electron chi connectivity index (χ4n) is 1.66. The van der Waals surface area contributed by atoms with Gasteiger partial charge in [0.1, 0.15) is 23.2 Å². The van der Waals surface area contributed by atoms with Crippen molar-refractivity contribution in [3.63, 3.8) is 0 Å². The monoisotopic (exact) mass is 235 g/mol. The highest BCUT2D eigenvalue weighted by molar-refractivity contribution is 5.79. The van der Waals surface area contributed by atoms with Crippen molar-refractivity contribution in [2.45, 2.75) is 26.0 Å². The molecule has 4 nitrogen and oxygen atoms in total. The zero-order valence-electron chi connectivity index (χ0n) is 9.97. The van der Waals surface area contributed by atoms with E-state index in [2.05, 4.69) is 5.32 Å². The molecule has 0 aliphatic heterocycles. The number of aromatic hydroxyl groups is 1. The summed E-state index contributed by atoms with van der Waals surface area (Å²) in [4.78, 5) is 0. The molecule has 0 amide bonds. The lowest BCUT2D eigenvalue weighted by Gasteiger charge is -2.11. The Morgan fingerprint density at radius 2 is 2.06 bits per heavy atom. The van der Waals surface area contributed by atoms with Gasteiger partial charge in [0.05, 0.1) is 0 Å². The van der Waals surface area contributed by atoms with E-state index in [0.717, 1.165) is 5.39 Å². The molecule has 1 unspecified atom stereocenters. The molecule has 1 heterocycles. The molecule has 92 valence electrons. The highest BCUT2D eigenvalue weighted by Gasteiger charge is 2.13. The van der Waals surface area contributed by atoms with Gasteiger partial charge in [-0.05, 0) is 24.3 Å². The molecule has 0 radical (unpaired) electrons. The van der Waals surface area contributed by atoms with Gasteiger partial charge in [-0.3, -0.25) is 0 Å². The van der Waals surface area contributed by atoms with Crippen LogP contribution in [-0.2, 0) is 0 Å². The number of nitrogens with one attached hydrogen (secondary N) is 1. The first-order chi connectivity index (χ1) is 8.06. The SMILES string of the molecule is CC(C)NCC(O)c1cc2cc(O)ccc2o1. The van der Waals surface area contributed by atoms with E-state index < -0.39 is 6.10 Å². The van der Waals surface area contributed by atoms with Crippen LogP contribution in [0.2, 0.25) is 0 Å². The van der Waals surface area contributed by atoms with E-state index in [1.54, 1.807) is 24.3 Å². The molecule has 17 heavy (non-hydrogen) atoms. The number of aliphatic hydroxyl groups is 1. The summed E-state index contributed by atoms with van der Waals surface area (Å²) in [5.41, 5.74) is 0.668. The normalized spacial score (nSPS) is 13.4. The van der Waals surface area contributed by atoms with Crippen LogP contribution in [0, 0.1) is 0 Å². The van der Waals surface area contributed by atoms with Gasteiger partial charge in [-0.2, -0.15) is 0 Å². The maximum absolute atomic E-state index is 9.92. The van der Waals surface area contributed by atoms with Crippen LogP contribution in [0.25, 0.3) is 11.0 Å². The van der Waals surface area contributed by atoms with Gasteiger partial charge < -0.3 is 19.9 Å². The largest absolute Gasteiger partial charge is 0.508 e. The van der Waals surface area contributed by atoms with Crippen molar-refractivity contribution in [2.75, 3.05) is 6.54 Å². The minimum atomic E-state index is -0.674. The van der Waals surface area contributed by atoms with E-state index in [1.807, 2.05) is 13.8 Å². The average Bonchev–Trinajstić information content (AvgIpc) is 2.68. The Hall–Kier alpha value is -1.52. The van der Waals surface area contributed by atoms with E-state index in [4.69, 9.17) is 4.42 Å². The lowest BCUT2D eigenvalue weighted by Crippen LogP contribution is -2.27. The number of phenols is 1. The first-order valence-corrected chi connectivity index (χ1v) is 5.70. The maximum Gasteiger partial charge on any atom is 0.135 e. The topological polar surface area (TPSA) is 65.6 Å². The molecule has 1 aromatic carbocycles. The molecule has 0 aliphatic rings. The van der Waals surface area contributed by atoms with Gasteiger partial charge in [0.15, 0.2) is 0 Å². The third-order valence-electron chi connectivity index (χ3n) is 2.57. The van der Waals surface area contributed by atoms with Crippen molar-refractivity contribution in [2.24, 2.45) is 0 Å². The van der Waals surface area contributed by atoms with Crippen LogP contribution in [-0.4, -0.2) is 22.8 Å². The van der Waals surface area contributed by atoms with Crippen LogP contribution in [0.1, 0.15) is 25.7 Å². The van der Waals surface area contributed by atoms with Gasteiger partial charge in [-0.15, -0.1) is 0 Å². The first kappa shape index (κ1) is 12.0. The molecular formula is C13H17NO3. The summed E-state index contributed by atoms with van der Waals surface area (Å²) in [6.07, 6.45) is -0.674. The molecule has 2 rings (SSSR count). The second-order valence-electron chi connectivity index (χ2n) is 4.45. The Bertz CT molecular complexity index is 504. The summed E-state index contributed by atoms with van der Waals surface area (Å²) in [5.74, 6) is 0.707. The first-order valence-electron chi connectivity index (χ1n) is 5.70. The second-order valence-corrected chi connectivity index (χ2v) is 4.45. The van der Waals surface area contributed by atoms with Gasteiger partial charge in [-0.25, -0.2) is 0 Å². The van der Waals surface area contributed by atoms with Crippen LogP contribution in [0.15, 0.2) is 28.7 Å². The van der Waals surface area contributed by atoms with Gasteiger partial charge in [0.2, 0.25) is 0 Å². The fourth-order valence-corrected chi connectivity index (χ4v) is 1.66. The van der Waals surface area contributed by atoms with E-state index in [0.29, 0.717) is 23.9 Å². The lowest BCUT2D eigenvalue weighted by molar-refractivity contribution is 0.147. The molecule has 2 aromatic rings. The average molecular weight is 235 g/mol. The Morgan fingerprint density at radius 3 is 2.76 bits per heavy atom. The number of hydrogen-bond donors (Lipinski definition) is 3. The predicted molar refractivity (Wildman–Crippen MR) is 66.0 cm³/mol.